The zero-order valence-electron chi connectivity index (χ0n) is 16.3. The van der Waals surface area contributed by atoms with Gasteiger partial charge in [0.15, 0.2) is 0 Å². The summed E-state index contributed by atoms with van der Waals surface area (Å²) in [6.07, 6.45) is 1.73. The van der Waals surface area contributed by atoms with E-state index in [1.54, 1.807) is 7.11 Å². The smallest absolute Gasteiger partial charge is 0.105 e. The zero-order chi connectivity index (χ0) is 19.3. The Hall–Kier alpha value is -1.95. The average Bonchev–Trinajstić information content (AvgIpc) is 2.73. The molecule has 0 saturated carbocycles. The Morgan fingerprint density at radius 2 is 1.81 bits per heavy atom. The minimum atomic E-state index is -0.278. The summed E-state index contributed by atoms with van der Waals surface area (Å²) < 4.78 is 11.5. The number of rotatable bonds is 6. The molecule has 1 aliphatic rings. The van der Waals surface area contributed by atoms with Crippen LogP contribution in [0, 0.1) is 0 Å². The minimum Gasteiger partial charge on any atom is -0.381 e. The summed E-state index contributed by atoms with van der Waals surface area (Å²) in [5.41, 5.74) is 3.09. The molecule has 27 heavy (non-hydrogen) atoms. The van der Waals surface area contributed by atoms with Crippen molar-refractivity contribution < 1.29 is 9.47 Å². The molecule has 2 aromatic carbocycles. The molecule has 1 N–H and O–H groups in total. The van der Waals surface area contributed by atoms with Crippen LogP contribution in [0.1, 0.15) is 30.0 Å². The van der Waals surface area contributed by atoms with E-state index in [0.717, 1.165) is 42.3 Å². The van der Waals surface area contributed by atoms with Crippen molar-refractivity contribution in [3.05, 3.63) is 65.7 Å². The number of thiocarbonyl (C=S) groups is 1. The van der Waals surface area contributed by atoms with E-state index in [2.05, 4.69) is 41.7 Å². The second kappa shape index (κ2) is 8.83. The molecule has 0 amide bonds. The van der Waals surface area contributed by atoms with Crippen molar-refractivity contribution in [3.8, 4) is 0 Å². The first-order valence-corrected chi connectivity index (χ1v) is 9.73. The lowest BCUT2D eigenvalue weighted by molar-refractivity contribution is -0.0947. The standard InChI is InChI=1S/C22H28N2O2S/c1-24(2)21(27)20(17-8-5-4-6-9-17)23-19-11-7-10-18(16-19)22(25-3)12-14-26-15-13-22/h4-11,16,20,23H,12-15H2,1-3H3. The SMILES string of the molecule is COC1(c2cccc(NC(C(=S)N(C)C)c3ccccc3)c2)CCOCC1. The predicted molar refractivity (Wildman–Crippen MR) is 114 cm³/mol. The van der Waals surface area contributed by atoms with E-state index in [-0.39, 0.29) is 11.6 Å². The molecule has 1 heterocycles. The molecule has 1 unspecified atom stereocenters. The van der Waals surface area contributed by atoms with Gasteiger partial charge in [-0.15, -0.1) is 0 Å². The third-order valence-corrected chi connectivity index (χ3v) is 5.81. The molecular weight excluding hydrogens is 356 g/mol. The highest BCUT2D eigenvalue weighted by Crippen LogP contribution is 2.37. The third-order valence-electron chi connectivity index (χ3n) is 5.21. The fourth-order valence-corrected chi connectivity index (χ4v) is 3.76. The molecular formula is C22H28N2O2S. The molecule has 0 aliphatic carbocycles. The predicted octanol–water partition coefficient (Wildman–Crippen LogP) is 4.38. The maximum Gasteiger partial charge on any atom is 0.105 e. The maximum absolute atomic E-state index is 5.95. The van der Waals surface area contributed by atoms with Crippen LogP contribution in [0.3, 0.4) is 0 Å². The Bertz CT molecular complexity index is 758. The molecule has 0 aromatic heterocycles. The van der Waals surface area contributed by atoms with Gasteiger partial charge in [-0.05, 0) is 23.3 Å². The van der Waals surface area contributed by atoms with E-state index in [1.165, 1.54) is 5.56 Å². The molecule has 5 heteroatoms. The molecule has 2 aromatic rings. The Balaban J connectivity index is 1.90. The molecule has 4 nitrogen and oxygen atoms in total. The highest BCUT2D eigenvalue weighted by atomic mass is 32.1. The third kappa shape index (κ3) is 4.49. The van der Waals surface area contributed by atoms with E-state index in [4.69, 9.17) is 21.7 Å². The summed E-state index contributed by atoms with van der Waals surface area (Å²) in [5.74, 6) is 0. The van der Waals surface area contributed by atoms with Gasteiger partial charge in [0.1, 0.15) is 11.0 Å². The van der Waals surface area contributed by atoms with Gasteiger partial charge in [-0.1, -0.05) is 54.7 Å². The Labute approximate surface area is 167 Å². The molecule has 1 aliphatic heterocycles. The quantitative estimate of drug-likeness (QED) is 0.748. The van der Waals surface area contributed by atoms with Crippen molar-refractivity contribution in [1.29, 1.82) is 0 Å². The molecule has 0 radical (unpaired) electrons. The lowest BCUT2D eigenvalue weighted by Crippen LogP contribution is -2.35. The van der Waals surface area contributed by atoms with Crippen LogP contribution in [0.4, 0.5) is 5.69 Å². The summed E-state index contributed by atoms with van der Waals surface area (Å²) in [4.78, 5) is 2.83. The first-order valence-electron chi connectivity index (χ1n) is 9.32. The number of hydrogen-bond acceptors (Lipinski definition) is 4. The molecule has 144 valence electrons. The summed E-state index contributed by atoms with van der Waals surface area (Å²) in [7, 11) is 5.76. The number of anilines is 1. The highest BCUT2D eigenvalue weighted by molar-refractivity contribution is 7.80. The topological polar surface area (TPSA) is 33.7 Å². The highest BCUT2D eigenvalue weighted by Gasteiger charge is 2.34. The second-order valence-electron chi connectivity index (χ2n) is 7.11. The number of benzene rings is 2. The van der Waals surface area contributed by atoms with Crippen molar-refractivity contribution in [2.75, 3.05) is 39.7 Å². The van der Waals surface area contributed by atoms with Crippen LogP contribution in [-0.4, -0.2) is 44.3 Å². The van der Waals surface area contributed by atoms with Crippen molar-refractivity contribution in [2.24, 2.45) is 0 Å². The van der Waals surface area contributed by atoms with Crippen molar-refractivity contribution in [3.63, 3.8) is 0 Å². The monoisotopic (exact) mass is 384 g/mol. The Morgan fingerprint density at radius 3 is 2.44 bits per heavy atom. The number of ether oxygens (including phenoxy) is 2. The lowest BCUT2D eigenvalue weighted by Gasteiger charge is -2.36. The molecule has 1 fully saturated rings. The van der Waals surface area contributed by atoms with E-state index >= 15 is 0 Å². The summed E-state index contributed by atoms with van der Waals surface area (Å²) >= 11 is 5.71. The van der Waals surface area contributed by atoms with Gasteiger partial charge in [-0.2, -0.15) is 0 Å². The van der Waals surface area contributed by atoms with Crippen molar-refractivity contribution in [1.82, 2.24) is 4.90 Å². The van der Waals surface area contributed by atoms with Crippen molar-refractivity contribution >= 4 is 22.9 Å². The van der Waals surface area contributed by atoms with Gasteiger partial charge >= 0.3 is 0 Å². The molecule has 1 atom stereocenters. The van der Waals surface area contributed by atoms with Crippen LogP contribution < -0.4 is 5.32 Å². The Morgan fingerprint density at radius 1 is 1.11 bits per heavy atom. The largest absolute Gasteiger partial charge is 0.381 e. The zero-order valence-corrected chi connectivity index (χ0v) is 17.1. The number of methoxy groups -OCH3 is 1. The van der Waals surface area contributed by atoms with Gasteiger partial charge in [0.25, 0.3) is 0 Å². The van der Waals surface area contributed by atoms with Crippen LogP contribution in [0.15, 0.2) is 54.6 Å². The normalized spacial score (nSPS) is 17.1. The van der Waals surface area contributed by atoms with Gasteiger partial charge in [-0.3, -0.25) is 0 Å². The molecule has 3 rings (SSSR count). The first kappa shape index (κ1) is 19.8. The maximum atomic E-state index is 5.95. The molecule has 0 bridgehead atoms. The van der Waals surface area contributed by atoms with E-state index in [0.29, 0.717) is 0 Å². The van der Waals surface area contributed by atoms with Crippen LogP contribution in [0.25, 0.3) is 0 Å². The van der Waals surface area contributed by atoms with Crippen LogP contribution in [0.2, 0.25) is 0 Å². The molecule has 1 saturated heterocycles. The summed E-state index contributed by atoms with van der Waals surface area (Å²) in [5, 5.41) is 3.63. The average molecular weight is 385 g/mol. The van der Waals surface area contributed by atoms with E-state index in [1.807, 2.05) is 37.2 Å². The van der Waals surface area contributed by atoms with Gasteiger partial charge in [0.2, 0.25) is 0 Å². The van der Waals surface area contributed by atoms with Crippen LogP contribution in [-0.2, 0) is 15.1 Å². The van der Waals surface area contributed by atoms with Crippen LogP contribution in [0.5, 0.6) is 0 Å². The van der Waals surface area contributed by atoms with Crippen molar-refractivity contribution in [2.45, 2.75) is 24.5 Å². The summed E-state index contributed by atoms with van der Waals surface area (Å²) in [6, 6.07) is 18.7. The van der Waals surface area contributed by atoms with Gasteiger partial charge < -0.3 is 19.7 Å². The summed E-state index contributed by atoms with van der Waals surface area (Å²) in [6.45, 7) is 1.45. The number of nitrogens with zero attached hydrogens (tertiary/aromatic N) is 1. The van der Waals surface area contributed by atoms with Crippen LogP contribution >= 0.6 is 12.2 Å². The van der Waals surface area contributed by atoms with Gasteiger partial charge in [-0.25, -0.2) is 0 Å². The Kier molecular flexibility index (Phi) is 6.47. The number of hydrogen-bond donors (Lipinski definition) is 1. The minimum absolute atomic E-state index is 0.0698. The number of likely N-dealkylation sites (N-methyl/N-ethyl adjacent to an activating group) is 1. The second-order valence-corrected chi connectivity index (χ2v) is 7.53. The lowest BCUT2D eigenvalue weighted by atomic mass is 9.86. The van der Waals surface area contributed by atoms with E-state index in [9.17, 15) is 0 Å². The fraction of sp³-hybridized carbons (Fsp3) is 0.409. The van der Waals surface area contributed by atoms with Gasteiger partial charge in [0, 0.05) is 52.9 Å². The van der Waals surface area contributed by atoms with Gasteiger partial charge in [0.05, 0.1) is 5.60 Å². The first-order chi connectivity index (χ1) is 13.1. The van der Waals surface area contributed by atoms with E-state index < -0.39 is 0 Å². The molecule has 0 spiro atoms. The number of nitrogens with one attached hydrogen (secondary N) is 1. The fourth-order valence-electron chi connectivity index (χ4n) is 3.56.